The summed E-state index contributed by atoms with van der Waals surface area (Å²) in [5.41, 5.74) is 11.6. The van der Waals surface area contributed by atoms with Gasteiger partial charge in [-0.3, -0.25) is 4.57 Å². The average molecular weight is 869 g/mol. The van der Waals surface area contributed by atoms with Crippen LogP contribution in [-0.4, -0.2) is 24.1 Å². The number of hydrogen-bond acceptors (Lipinski definition) is 4. The van der Waals surface area contributed by atoms with Crippen molar-refractivity contribution in [3.8, 4) is 45.5 Å². The fourth-order valence-corrected chi connectivity index (χ4v) is 14.3. The van der Waals surface area contributed by atoms with E-state index in [2.05, 4.69) is 202 Å². The van der Waals surface area contributed by atoms with Crippen molar-refractivity contribution >= 4 is 83.6 Å². The predicted octanol–water partition coefficient (Wildman–Crippen LogP) is 13.6. The standard InChI is InChI=1S/C57H37N6PS/c65-64(42-28-14-5-15-29-42)54-37-52-46(43-30-16-18-32-49(43)61(52)40-24-10-3-11-25-40)35-48(54)47-34-45-44-31-17-19-33-50(44)62(51(45)36-53(47)63(64)41-26-12-4-13-27-41)57-59-55(38-20-6-1-7-21-38)58-56(60-57)39-22-8-2-9-23-39/h1-37H. The Morgan fingerprint density at radius 3 is 1.42 bits per heavy atom. The van der Waals surface area contributed by atoms with Crippen LogP contribution in [-0.2, 0) is 11.8 Å². The van der Waals surface area contributed by atoms with Crippen molar-refractivity contribution in [2.24, 2.45) is 0 Å². The molecule has 0 radical (unpaired) electrons. The highest BCUT2D eigenvalue weighted by atomic mass is 32.4. The van der Waals surface area contributed by atoms with Crippen LogP contribution in [0.2, 0.25) is 0 Å². The molecule has 3 aromatic heterocycles. The van der Waals surface area contributed by atoms with Crippen molar-refractivity contribution in [1.82, 2.24) is 24.1 Å². The van der Waals surface area contributed by atoms with E-state index in [0.717, 1.165) is 82.8 Å². The van der Waals surface area contributed by atoms with E-state index in [-0.39, 0.29) is 0 Å². The SMILES string of the molecule is S=P1(c2ccccc2)c2cc3c(cc2-c2cc4c5ccccc5n(-c5nc(-c6ccccc6)nc(-c6ccccc6)n5)c4cc2N1c1ccccc1)c1ccccc1n3-c1ccccc1. The first-order chi connectivity index (χ1) is 32.1. The zero-order valence-electron chi connectivity index (χ0n) is 34.9. The van der Waals surface area contributed by atoms with Crippen molar-refractivity contribution in [2.45, 2.75) is 0 Å². The number of aromatic nitrogens is 5. The molecular weight excluding hydrogens is 832 g/mol. The van der Waals surface area contributed by atoms with Crippen molar-refractivity contribution in [2.75, 3.05) is 4.67 Å². The molecule has 0 fully saturated rings. The van der Waals surface area contributed by atoms with E-state index in [1.165, 1.54) is 10.8 Å². The van der Waals surface area contributed by atoms with Crippen LogP contribution in [0, 0.1) is 0 Å². The van der Waals surface area contributed by atoms with Gasteiger partial charge in [-0.25, -0.2) is 4.98 Å². The van der Waals surface area contributed by atoms with Gasteiger partial charge in [0, 0.05) is 60.2 Å². The minimum Gasteiger partial charge on any atom is -0.309 e. The van der Waals surface area contributed by atoms with E-state index < -0.39 is 6.19 Å². The van der Waals surface area contributed by atoms with Crippen molar-refractivity contribution < 1.29 is 0 Å². The highest BCUT2D eigenvalue weighted by Gasteiger charge is 2.41. The molecule has 0 aliphatic carbocycles. The van der Waals surface area contributed by atoms with E-state index in [4.69, 9.17) is 26.8 Å². The van der Waals surface area contributed by atoms with E-state index in [1.807, 2.05) is 36.4 Å². The molecule has 8 heteroatoms. The molecule has 1 atom stereocenters. The second-order valence-electron chi connectivity index (χ2n) is 16.4. The largest absolute Gasteiger partial charge is 0.309 e. The Morgan fingerprint density at radius 2 is 0.831 bits per heavy atom. The number of para-hydroxylation sites is 4. The number of nitrogens with zero attached hydrogens (tertiary/aromatic N) is 6. The molecule has 0 N–H and O–H groups in total. The van der Waals surface area contributed by atoms with Crippen LogP contribution in [0.5, 0.6) is 0 Å². The fourth-order valence-electron chi connectivity index (χ4n) is 9.85. The van der Waals surface area contributed by atoms with Gasteiger partial charge in [0.2, 0.25) is 5.95 Å². The van der Waals surface area contributed by atoms with E-state index in [1.54, 1.807) is 0 Å². The lowest BCUT2D eigenvalue weighted by molar-refractivity contribution is 0.953. The highest BCUT2D eigenvalue weighted by Crippen LogP contribution is 2.63. The Labute approximate surface area is 380 Å². The molecule has 0 spiro atoms. The number of anilines is 2. The first-order valence-corrected chi connectivity index (χ1v) is 24.5. The Kier molecular flexibility index (Phi) is 8.57. The molecule has 0 saturated carbocycles. The maximum absolute atomic E-state index is 7.40. The molecule has 12 aromatic rings. The Balaban J connectivity index is 1.17. The molecule has 0 amide bonds. The topological polar surface area (TPSA) is 51.8 Å². The van der Waals surface area contributed by atoms with E-state index >= 15 is 0 Å². The van der Waals surface area contributed by atoms with E-state index in [9.17, 15) is 0 Å². The van der Waals surface area contributed by atoms with Gasteiger partial charge < -0.3 is 9.24 Å². The predicted molar refractivity (Wildman–Crippen MR) is 273 cm³/mol. The molecule has 13 rings (SSSR count). The fraction of sp³-hybridized carbons (Fsp3) is 0. The normalized spacial score (nSPS) is 14.6. The second-order valence-corrected chi connectivity index (χ2v) is 20.5. The molecule has 65 heavy (non-hydrogen) atoms. The summed E-state index contributed by atoms with van der Waals surface area (Å²) in [5, 5.41) is 6.87. The number of rotatable bonds is 6. The molecule has 0 bridgehead atoms. The first-order valence-electron chi connectivity index (χ1n) is 21.7. The van der Waals surface area contributed by atoms with Crippen LogP contribution in [0.4, 0.5) is 11.4 Å². The number of fused-ring (bicyclic) bond motifs is 9. The summed E-state index contributed by atoms with van der Waals surface area (Å²) in [6, 6.07) is 79.4. The summed E-state index contributed by atoms with van der Waals surface area (Å²) in [7, 11) is 0. The molecule has 4 heterocycles. The van der Waals surface area contributed by atoms with Crippen molar-refractivity contribution in [1.29, 1.82) is 0 Å². The van der Waals surface area contributed by atoms with Crippen LogP contribution in [0.25, 0.3) is 89.2 Å². The molecule has 306 valence electrons. The molecule has 1 aliphatic rings. The quantitative estimate of drug-likeness (QED) is 0.156. The van der Waals surface area contributed by atoms with Crippen molar-refractivity contribution in [3.05, 3.63) is 224 Å². The zero-order chi connectivity index (χ0) is 43.1. The van der Waals surface area contributed by atoms with E-state index in [0.29, 0.717) is 17.6 Å². The average Bonchev–Trinajstić information content (AvgIpc) is 3.88. The van der Waals surface area contributed by atoms with Gasteiger partial charge in [-0.1, -0.05) is 176 Å². The summed E-state index contributed by atoms with van der Waals surface area (Å²) in [4.78, 5) is 15.6. The number of benzene rings is 9. The van der Waals surface area contributed by atoms with Gasteiger partial charge in [-0.05, 0) is 66.2 Å². The van der Waals surface area contributed by atoms with Gasteiger partial charge in [-0.15, -0.1) is 0 Å². The van der Waals surface area contributed by atoms with Gasteiger partial charge >= 0.3 is 0 Å². The molecule has 9 aromatic carbocycles. The Hall–Kier alpha value is -7.96. The number of hydrogen-bond donors (Lipinski definition) is 0. The molecule has 1 unspecified atom stereocenters. The van der Waals surface area contributed by atoms with Gasteiger partial charge in [0.25, 0.3) is 0 Å². The van der Waals surface area contributed by atoms with Crippen molar-refractivity contribution in [3.63, 3.8) is 0 Å². The van der Waals surface area contributed by atoms with Gasteiger partial charge in [0.1, 0.15) is 0 Å². The monoisotopic (exact) mass is 868 g/mol. The van der Waals surface area contributed by atoms with Gasteiger partial charge in [0.05, 0.1) is 33.9 Å². The molecule has 6 nitrogen and oxygen atoms in total. The Bertz CT molecular complexity index is 3800. The summed E-state index contributed by atoms with van der Waals surface area (Å²) < 4.78 is 7.10. The lowest BCUT2D eigenvalue weighted by atomic mass is 9.97. The smallest absolute Gasteiger partial charge is 0.238 e. The maximum atomic E-state index is 7.40. The maximum Gasteiger partial charge on any atom is 0.238 e. The van der Waals surface area contributed by atoms with Gasteiger partial charge in [0.15, 0.2) is 11.6 Å². The molecule has 0 saturated heterocycles. The van der Waals surface area contributed by atoms with Crippen LogP contribution < -0.4 is 15.3 Å². The third-order valence-corrected chi connectivity index (χ3v) is 17.5. The summed E-state index contributed by atoms with van der Waals surface area (Å²) in [5.74, 6) is 1.76. The van der Waals surface area contributed by atoms with Crippen LogP contribution in [0.15, 0.2) is 224 Å². The minimum absolute atomic E-state index is 0.546. The lowest BCUT2D eigenvalue weighted by Crippen LogP contribution is -2.33. The van der Waals surface area contributed by atoms with Crippen LogP contribution in [0.1, 0.15) is 0 Å². The lowest BCUT2D eigenvalue weighted by Gasteiger charge is -2.43. The third-order valence-electron chi connectivity index (χ3n) is 12.7. The van der Waals surface area contributed by atoms with Gasteiger partial charge in [-0.2, -0.15) is 9.97 Å². The first kappa shape index (κ1) is 37.6. The second kappa shape index (κ2) is 14.8. The zero-order valence-corrected chi connectivity index (χ0v) is 36.6. The third kappa shape index (κ3) is 5.80. The van der Waals surface area contributed by atoms with Crippen LogP contribution in [0.3, 0.4) is 0 Å². The highest BCUT2D eigenvalue weighted by molar-refractivity contribution is 8.23. The molecule has 1 aliphatic heterocycles. The Morgan fingerprint density at radius 1 is 0.369 bits per heavy atom. The van der Waals surface area contributed by atoms with Crippen LogP contribution >= 0.6 is 6.19 Å². The minimum atomic E-state index is -2.87. The summed E-state index contributed by atoms with van der Waals surface area (Å²) in [6.45, 7) is 0. The summed E-state index contributed by atoms with van der Waals surface area (Å²) >= 11 is 7.40. The molecular formula is C57H37N6PS. The summed E-state index contributed by atoms with van der Waals surface area (Å²) in [6.07, 6.45) is -2.87.